The Morgan fingerprint density at radius 1 is 1.35 bits per heavy atom. The van der Waals surface area contributed by atoms with E-state index in [2.05, 4.69) is 31.6 Å². The lowest BCUT2D eigenvalue weighted by molar-refractivity contribution is 0.352. The van der Waals surface area contributed by atoms with Gasteiger partial charge in [0.1, 0.15) is 0 Å². The molecule has 0 amide bonds. The first-order chi connectivity index (χ1) is 9.24. The van der Waals surface area contributed by atoms with E-state index in [9.17, 15) is 0 Å². The third-order valence-electron chi connectivity index (χ3n) is 2.85. The predicted octanol–water partition coefficient (Wildman–Crippen LogP) is 2.52. The van der Waals surface area contributed by atoms with Gasteiger partial charge in [-0.2, -0.15) is 0 Å². The van der Waals surface area contributed by atoms with Crippen LogP contribution in [0.4, 0.5) is 0 Å². The minimum absolute atomic E-state index is 0. The SMILES string of the molecule is COc1cc(CNC2=NCCCN2)cc(Br)c1OC.I. The summed E-state index contributed by atoms with van der Waals surface area (Å²) in [6, 6.07) is 3.97. The van der Waals surface area contributed by atoms with E-state index in [1.165, 1.54) is 0 Å². The summed E-state index contributed by atoms with van der Waals surface area (Å²) in [5.74, 6) is 2.28. The number of rotatable bonds is 4. The normalized spacial score (nSPS) is 13.7. The number of ether oxygens (including phenoxy) is 2. The zero-order valence-corrected chi connectivity index (χ0v) is 15.4. The quantitative estimate of drug-likeness (QED) is 0.685. The van der Waals surface area contributed by atoms with Gasteiger partial charge in [0.15, 0.2) is 17.5 Å². The van der Waals surface area contributed by atoms with Crippen molar-refractivity contribution in [1.82, 2.24) is 10.6 Å². The molecule has 1 aliphatic heterocycles. The first-order valence-corrected chi connectivity index (χ1v) is 6.96. The molecule has 1 aromatic carbocycles. The Kier molecular flexibility index (Phi) is 7.42. The Labute approximate surface area is 144 Å². The number of nitrogens with zero attached hydrogens (tertiary/aromatic N) is 1. The highest BCUT2D eigenvalue weighted by atomic mass is 127. The van der Waals surface area contributed by atoms with Crippen molar-refractivity contribution in [1.29, 1.82) is 0 Å². The number of nitrogens with one attached hydrogen (secondary N) is 2. The second-order valence-corrected chi connectivity index (χ2v) is 5.03. The molecule has 0 bridgehead atoms. The maximum absolute atomic E-state index is 5.32. The molecule has 0 unspecified atom stereocenters. The van der Waals surface area contributed by atoms with E-state index in [1.807, 2.05) is 12.1 Å². The second-order valence-electron chi connectivity index (χ2n) is 4.18. The first kappa shape index (κ1) is 17.4. The van der Waals surface area contributed by atoms with Crippen LogP contribution in [0.3, 0.4) is 0 Å². The fraction of sp³-hybridized carbons (Fsp3) is 0.462. The van der Waals surface area contributed by atoms with E-state index < -0.39 is 0 Å². The molecule has 0 atom stereocenters. The van der Waals surface area contributed by atoms with Crippen LogP contribution in [-0.2, 0) is 6.54 Å². The van der Waals surface area contributed by atoms with Crippen LogP contribution in [-0.4, -0.2) is 33.3 Å². The number of methoxy groups -OCH3 is 2. The number of hydrogen-bond donors (Lipinski definition) is 2. The van der Waals surface area contributed by atoms with Gasteiger partial charge in [-0.1, -0.05) is 0 Å². The number of guanidine groups is 1. The molecular weight excluding hydrogens is 437 g/mol. The van der Waals surface area contributed by atoms with Crippen LogP contribution >= 0.6 is 39.9 Å². The van der Waals surface area contributed by atoms with Crippen molar-refractivity contribution in [2.75, 3.05) is 27.3 Å². The van der Waals surface area contributed by atoms with Gasteiger partial charge < -0.3 is 20.1 Å². The molecule has 0 saturated carbocycles. The largest absolute Gasteiger partial charge is 0.493 e. The van der Waals surface area contributed by atoms with Crippen LogP contribution < -0.4 is 20.1 Å². The molecule has 0 saturated heterocycles. The van der Waals surface area contributed by atoms with Gasteiger partial charge in [-0.25, -0.2) is 0 Å². The van der Waals surface area contributed by atoms with E-state index in [4.69, 9.17) is 9.47 Å². The smallest absolute Gasteiger partial charge is 0.191 e. The molecule has 7 heteroatoms. The van der Waals surface area contributed by atoms with Gasteiger partial charge in [0.25, 0.3) is 0 Å². The zero-order chi connectivity index (χ0) is 13.7. The summed E-state index contributed by atoms with van der Waals surface area (Å²) in [4.78, 5) is 4.37. The second kappa shape index (κ2) is 8.56. The van der Waals surface area contributed by atoms with Crippen molar-refractivity contribution in [3.05, 3.63) is 22.2 Å². The number of hydrogen-bond acceptors (Lipinski definition) is 5. The van der Waals surface area contributed by atoms with Crippen molar-refractivity contribution in [2.45, 2.75) is 13.0 Å². The molecule has 112 valence electrons. The molecule has 1 aromatic rings. The van der Waals surface area contributed by atoms with Gasteiger partial charge in [-0.05, 0) is 40.0 Å². The predicted molar refractivity (Wildman–Crippen MR) is 94.4 cm³/mol. The molecule has 1 heterocycles. The highest BCUT2D eigenvalue weighted by Crippen LogP contribution is 2.36. The average Bonchev–Trinajstić information content (AvgIpc) is 2.45. The summed E-state index contributed by atoms with van der Waals surface area (Å²) in [7, 11) is 3.26. The first-order valence-electron chi connectivity index (χ1n) is 6.17. The molecular formula is C13H19BrIN3O2. The van der Waals surface area contributed by atoms with Crippen molar-refractivity contribution in [2.24, 2.45) is 4.99 Å². The molecule has 0 aromatic heterocycles. The van der Waals surface area contributed by atoms with E-state index >= 15 is 0 Å². The molecule has 0 fully saturated rings. The third-order valence-corrected chi connectivity index (χ3v) is 3.44. The molecule has 0 radical (unpaired) electrons. The molecule has 2 rings (SSSR count). The van der Waals surface area contributed by atoms with Crippen molar-refractivity contribution in [3.63, 3.8) is 0 Å². The van der Waals surface area contributed by atoms with Gasteiger partial charge in [0.2, 0.25) is 0 Å². The maximum Gasteiger partial charge on any atom is 0.191 e. The summed E-state index contributed by atoms with van der Waals surface area (Å²) in [6.45, 7) is 2.54. The molecule has 1 aliphatic rings. The molecule has 0 aliphatic carbocycles. The van der Waals surface area contributed by atoms with Crippen molar-refractivity contribution < 1.29 is 9.47 Å². The lowest BCUT2D eigenvalue weighted by Gasteiger charge is -2.17. The summed E-state index contributed by atoms with van der Waals surface area (Å²) < 4.78 is 11.5. The molecule has 2 N–H and O–H groups in total. The minimum atomic E-state index is 0. The zero-order valence-electron chi connectivity index (χ0n) is 11.5. The average molecular weight is 456 g/mol. The van der Waals surface area contributed by atoms with Gasteiger partial charge in [-0.3, -0.25) is 4.99 Å². The van der Waals surface area contributed by atoms with E-state index in [0.29, 0.717) is 18.0 Å². The summed E-state index contributed by atoms with van der Waals surface area (Å²) >= 11 is 3.49. The van der Waals surface area contributed by atoms with E-state index in [-0.39, 0.29) is 24.0 Å². The lowest BCUT2D eigenvalue weighted by Crippen LogP contribution is -2.40. The highest BCUT2D eigenvalue weighted by molar-refractivity contribution is 14.0. The van der Waals surface area contributed by atoms with Crippen LogP contribution in [0.15, 0.2) is 21.6 Å². The van der Waals surface area contributed by atoms with Crippen LogP contribution in [0.1, 0.15) is 12.0 Å². The fourth-order valence-electron chi connectivity index (χ4n) is 1.91. The fourth-order valence-corrected chi connectivity index (χ4v) is 2.56. The number of aliphatic imine (C=N–C) groups is 1. The summed E-state index contributed by atoms with van der Waals surface area (Å²) in [5.41, 5.74) is 1.10. The highest BCUT2D eigenvalue weighted by Gasteiger charge is 2.11. The molecule has 5 nitrogen and oxygen atoms in total. The molecule has 20 heavy (non-hydrogen) atoms. The lowest BCUT2D eigenvalue weighted by atomic mass is 10.2. The Morgan fingerprint density at radius 2 is 2.15 bits per heavy atom. The summed E-state index contributed by atoms with van der Waals surface area (Å²) in [6.07, 6.45) is 1.09. The van der Waals surface area contributed by atoms with Crippen LogP contribution in [0, 0.1) is 0 Å². The Morgan fingerprint density at radius 3 is 2.75 bits per heavy atom. The standard InChI is InChI=1S/C13H18BrN3O2.HI/c1-18-11-7-9(6-10(14)12(11)19-2)8-17-13-15-4-3-5-16-13;/h6-7H,3-5,8H2,1-2H3,(H2,15,16,17);1H. The maximum atomic E-state index is 5.32. The monoisotopic (exact) mass is 455 g/mol. The van der Waals surface area contributed by atoms with Crippen molar-refractivity contribution >= 4 is 45.9 Å². The summed E-state index contributed by atoms with van der Waals surface area (Å²) in [5, 5.41) is 6.50. The van der Waals surface area contributed by atoms with Gasteiger partial charge in [0, 0.05) is 19.6 Å². The van der Waals surface area contributed by atoms with E-state index in [0.717, 1.165) is 35.5 Å². The minimum Gasteiger partial charge on any atom is -0.493 e. The Balaban J connectivity index is 0.00000200. The Hall–Kier alpha value is -0.700. The van der Waals surface area contributed by atoms with Crippen LogP contribution in [0.2, 0.25) is 0 Å². The van der Waals surface area contributed by atoms with Crippen LogP contribution in [0.25, 0.3) is 0 Å². The number of halogens is 2. The van der Waals surface area contributed by atoms with Crippen LogP contribution in [0.5, 0.6) is 11.5 Å². The number of benzene rings is 1. The van der Waals surface area contributed by atoms with Gasteiger partial charge in [0.05, 0.1) is 18.7 Å². The van der Waals surface area contributed by atoms with Gasteiger partial charge >= 0.3 is 0 Å². The van der Waals surface area contributed by atoms with Crippen molar-refractivity contribution in [3.8, 4) is 11.5 Å². The van der Waals surface area contributed by atoms with Gasteiger partial charge in [-0.15, -0.1) is 24.0 Å². The third kappa shape index (κ3) is 4.41. The Bertz CT molecular complexity index is 483. The van der Waals surface area contributed by atoms with E-state index in [1.54, 1.807) is 14.2 Å². The molecule has 0 spiro atoms. The topological polar surface area (TPSA) is 54.9 Å².